The summed E-state index contributed by atoms with van der Waals surface area (Å²) in [6.45, 7) is 3.45. The van der Waals surface area contributed by atoms with Crippen molar-refractivity contribution in [1.82, 2.24) is 30.7 Å². The average molecular weight is 596 g/mol. The number of carbonyl (C=O) groups is 3. The van der Waals surface area contributed by atoms with Crippen LogP contribution < -0.4 is 26.0 Å². The van der Waals surface area contributed by atoms with Crippen molar-refractivity contribution in [2.45, 2.75) is 25.0 Å². The van der Waals surface area contributed by atoms with Crippen molar-refractivity contribution in [2.75, 3.05) is 44.9 Å². The molecule has 1 saturated carbocycles. The molecule has 218 valence electrons. The molecule has 43 heavy (non-hydrogen) atoms. The van der Waals surface area contributed by atoms with Crippen molar-refractivity contribution >= 4 is 69.8 Å². The third-order valence-electron chi connectivity index (χ3n) is 6.27. The lowest BCUT2D eigenvalue weighted by atomic mass is 9.49. The highest BCUT2D eigenvalue weighted by atomic mass is 32.1. The maximum atomic E-state index is 12.9. The predicted octanol–water partition coefficient (Wildman–Crippen LogP) is 1.47. The smallest absolute Gasteiger partial charge is 0.272 e. The first-order valence-corrected chi connectivity index (χ1v) is 14.4. The summed E-state index contributed by atoms with van der Waals surface area (Å²) in [6, 6.07) is 6.75. The Bertz CT molecular complexity index is 1490. The number of methoxy groups -OCH3 is 1. The van der Waals surface area contributed by atoms with Gasteiger partial charge in [-0.15, -0.1) is 21.5 Å². The molecule has 4 N–H and O–H groups in total. The van der Waals surface area contributed by atoms with Crippen molar-refractivity contribution in [1.29, 1.82) is 0 Å². The summed E-state index contributed by atoms with van der Waals surface area (Å²) in [5.41, 5.74) is 1.04. The fourth-order valence-corrected chi connectivity index (χ4v) is 5.11. The van der Waals surface area contributed by atoms with E-state index in [1.807, 2.05) is 14.1 Å². The summed E-state index contributed by atoms with van der Waals surface area (Å²) in [5, 5.41) is 17.5. The third-order valence-corrected chi connectivity index (χ3v) is 7.30. The largest absolute Gasteiger partial charge is 0.494 e. The molecular weight excluding hydrogens is 565 g/mol. The molecule has 6 radical (unpaired) electrons. The van der Waals surface area contributed by atoms with Crippen molar-refractivity contribution in [3.63, 3.8) is 0 Å². The van der Waals surface area contributed by atoms with Gasteiger partial charge in [0.15, 0.2) is 17.3 Å². The first-order valence-electron chi connectivity index (χ1n) is 13.6. The van der Waals surface area contributed by atoms with E-state index in [0.717, 1.165) is 19.4 Å². The Hall–Kier alpha value is -3.91. The van der Waals surface area contributed by atoms with Crippen LogP contribution >= 0.6 is 11.3 Å². The van der Waals surface area contributed by atoms with E-state index in [-0.39, 0.29) is 40.8 Å². The van der Waals surface area contributed by atoms with Gasteiger partial charge < -0.3 is 30.9 Å². The lowest BCUT2D eigenvalue weighted by Gasteiger charge is -2.23. The molecule has 1 aliphatic rings. The Labute approximate surface area is 258 Å². The van der Waals surface area contributed by atoms with Crippen LogP contribution in [0.4, 0.5) is 17.2 Å². The number of aromatic nitrogens is 3. The standard InChI is InChI=1S/C27H31B3N8O4S/c1-14(13-38(2)3)11-31-24(40)19-12-32-26(43-19)16-6-5-7-17(22(16)42-4)33-18-10-20(34-23(39)15-8-9-15)36-37-21(18)25(41)35-27(28,29)30/h5-7,10,12,14-15H,8-9,11,13H2,1-4H3,(H,31,40)(H,35,41)(H2,33,34,36,39). The number of carbonyl (C=O) groups excluding carboxylic acids is 3. The molecule has 3 amide bonds. The van der Waals surface area contributed by atoms with Crippen molar-refractivity contribution < 1.29 is 19.1 Å². The van der Waals surface area contributed by atoms with E-state index in [9.17, 15) is 14.4 Å². The van der Waals surface area contributed by atoms with Crippen molar-refractivity contribution in [3.8, 4) is 16.3 Å². The minimum absolute atomic E-state index is 0.0722. The van der Waals surface area contributed by atoms with Gasteiger partial charge in [0.1, 0.15) is 9.88 Å². The van der Waals surface area contributed by atoms with E-state index in [0.29, 0.717) is 33.4 Å². The number of nitrogens with one attached hydrogen (secondary N) is 4. The number of anilines is 3. The van der Waals surface area contributed by atoms with Crippen LogP contribution in [0.25, 0.3) is 10.6 Å². The molecule has 0 spiro atoms. The topological polar surface area (TPSA) is 150 Å². The van der Waals surface area contributed by atoms with Gasteiger partial charge in [0.2, 0.25) is 5.91 Å². The average Bonchev–Trinajstić information content (AvgIpc) is 3.67. The summed E-state index contributed by atoms with van der Waals surface area (Å²) in [6.07, 6.45) is 3.13. The molecule has 1 unspecified atom stereocenters. The van der Waals surface area contributed by atoms with Crippen LogP contribution in [0, 0.1) is 11.8 Å². The molecule has 1 atom stereocenters. The Morgan fingerprint density at radius 3 is 2.53 bits per heavy atom. The highest BCUT2D eigenvalue weighted by Crippen LogP contribution is 2.40. The van der Waals surface area contributed by atoms with Crippen LogP contribution in [0.5, 0.6) is 5.75 Å². The second-order valence-corrected chi connectivity index (χ2v) is 11.8. The van der Waals surface area contributed by atoms with Gasteiger partial charge in [0.05, 0.1) is 53.8 Å². The van der Waals surface area contributed by atoms with Crippen LogP contribution in [0.2, 0.25) is 0 Å². The van der Waals surface area contributed by atoms with Crippen LogP contribution in [0.1, 0.15) is 39.9 Å². The summed E-state index contributed by atoms with van der Waals surface area (Å²) in [7, 11) is 22.1. The second kappa shape index (κ2) is 13.6. The normalized spacial score (nSPS) is 13.7. The molecule has 2 heterocycles. The van der Waals surface area contributed by atoms with E-state index in [2.05, 4.69) is 48.3 Å². The fourth-order valence-electron chi connectivity index (χ4n) is 4.26. The molecular formula is C27H31B3N8O4S. The van der Waals surface area contributed by atoms with Gasteiger partial charge >= 0.3 is 0 Å². The van der Waals surface area contributed by atoms with Gasteiger partial charge in [0.25, 0.3) is 11.8 Å². The molecule has 2 aromatic heterocycles. The molecule has 1 aliphatic carbocycles. The SMILES string of the molecule is [B]C([B])([B])NC(=O)c1nnc(NC(=O)C2CC2)cc1Nc1cccc(-c2ncc(C(=O)NCC(C)CN(C)C)s2)c1OC. The predicted molar refractivity (Wildman–Crippen MR) is 168 cm³/mol. The molecule has 1 fully saturated rings. The number of rotatable bonds is 13. The summed E-state index contributed by atoms with van der Waals surface area (Å²) >= 11 is 1.22. The highest BCUT2D eigenvalue weighted by molar-refractivity contribution is 7.17. The number of benzene rings is 1. The summed E-state index contributed by atoms with van der Waals surface area (Å²) in [4.78, 5) is 45.0. The Morgan fingerprint density at radius 2 is 1.88 bits per heavy atom. The monoisotopic (exact) mass is 596 g/mol. The van der Waals surface area contributed by atoms with Gasteiger partial charge in [-0.1, -0.05) is 18.2 Å². The lowest BCUT2D eigenvalue weighted by molar-refractivity contribution is -0.117. The van der Waals surface area contributed by atoms with Gasteiger partial charge in [-0.3, -0.25) is 14.4 Å². The number of hydrogen-bond donors (Lipinski definition) is 4. The quantitative estimate of drug-likeness (QED) is 0.215. The van der Waals surface area contributed by atoms with Crippen LogP contribution in [0.3, 0.4) is 0 Å². The number of thiazole rings is 1. The summed E-state index contributed by atoms with van der Waals surface area (Å²) in [5.74, 6) is -0.454. The van der Waals surface area contributed by atoms with E-state index in [1.54, 1.807) is 18.2 Å². The Kier molecular flexibility index (Phi) is 10.1. The number of para-hydroxylation sites is 1. The first kappa shape index (κ1) is 32.0. The van der Waals surface area contributed by atoms with Gasteiger partial charge in [-0.25, -0.2) is 4.98 Å². The molecule has 0 aliphatic heterocycles. The highest BCUT2D eigenvalue weighted by Gasteiger charge is 2.30. The van der Waals surface area contributed by atoms with Crippen molar-refractivity contribution in [2.24, 2.45) is 11.8 Å². The molecule has 0 saturated heterocycles. The number of amides is 3. The first-order chi connectivity index (χ1) is 20.3. The Morgan fingerprint density at radius 1 is 1.14 bits per heavy atom. The maximum absolute atomic E-state index is 12.9. The van der Waals surface area contributed by atoms with Gasteiger partial charge in [-0.2, -0.15) is 0 Å². The minimum atomic E-state index is -2.01. The number of nitrogens with zero attached hydrogens (tertiary/aromatic N) is 4. The maximum Gasteiger partial charge on any atom is 0.272 e. The molecule has 0 bridgehead atoms. The van der Waals surface area contributed by atoms with E-state index >= 15 is 0 Å². The second-order valence-electron chi connectivity index (χ2n) is 10.8. The zero-order valence-electron chi connectivity index (χ0n) is 24.4. The van der Waals surface area contributed by atoms with E-state index in [1.165, 1.54) is 30.7 Å². The minimum Gasteiger partial charge on any atom is -0.494 e. The van der Waals surface area contributed by atoms with Crippen molar-refractivity contribution in [3.05, 3.63) is 41.0 Å². The zero-order chi connectivity index (χ0) is 31.3. The molecule has 12 nitrogen and oxygen atoms in total. The molecule has 3 aromatic rings. The number of hydrogen-bond acceptors (Lipinski definition) is 10. The van der Waals surface area contributed by atoms with E-state index in [4.69, 9.17) is 28.3 Å². The van der Waals surface area contributed by atoms with Crippen LogP contribution in [0.15, 0.2) is 30.5 Å². The van der Waals surface area contributed by atoms with Gasteiger partial charge in [-0.05, 0) is 45.0 Å². The lowest BCUT2D eigenvalue weighted by Crippen LogP contribution is -2.50. The molecule has 4 rings (SSSR count). The third kappa shape index (κ3) is 8.80. The molecule has 16 heteroatoms. The van der Waals surface area contributed by atoms with Gasteiger partial charge in [0, 0.05) is 25.1 Å². The summed E-state index contributed by atoms with van der Waals surface area (Å²) < 4.78 is 5.74. The molecule has 1 aromatic carbocycles. The van der Waals surface area contributed by atoms with E-state index < -0.39 is 11.1 Å². The Balaban J connectivity index is 1.61. The van der Waals surface area contributed by atoms with Crippen LogP contribution in [-0.2, 0) is 4.79 Å². The van der Waals surface area contributed by atoms with Crippen LogP contribution in [-0.4, -0.2) is 101 Å². The zero-order valence-corrected chi connectivity index (χ0v) is 25.2. The fraction of sp³-hybridized carbons (Fsp3) is 0.407. The number of ether oxygens (including phenoxy) is 1.